The molecule has 1 aliphatic rings. The van der Waals surface area contributed by atoms with Crippen molar-refractivity contribution in [3.8, 4) is 0 Å². The Morgan fingerprint density at radius 2 is 2.06 bits per heavy atom. The molecule has 1 aliphatic carbocycles. The van der Waals surface area contributed by atoms with E-state index in [1.807, 2.05) is 7.05 Å². The molecule has 0 heterocycles. The van der Waals surface area contributed by atoms with Gasteiger partial charge in [-0.05, 0) is 53.1 Å². The molecule has 0 aliphatic heterocycles. The minimum Gasteiger partial charge on any atom is -0.356 e. The lowest BCUT2D eigenvalue weighted by Crippen LogP contribution is -2.39. The maximum absolute atomic E-state index is 4.21. The highest BCUT2D eigenvalue weighted by Crippen LogP contribution is 2.18. The lowest BCUT2D eigenvalue weighted by molar-refractivity contribution is 0.268. The third kappa shape index (κ3) is 6.51. The first kappa shape index (κ1) is 14.3. The number of rotatable bonds is 7. The fourth-order valence-corrected chi connectivity index (χ4v) is 1.57. The number of hydrogen-bond donors (Lipinski definition) is 2. The summed E-state index contributed by atoms with van der Waals surface area (Å²) < 4.78 is 0. The molecule has 0 spiro atoms. The highest BCUT2D eigenvalue weighted by molar-refractivity contribution is 5.80. The molecule has 4 heteroatoms. The molecule has 0 aromatic carbocycles. The van der Waals surface area contributed by atoms with E-state index in [-0.39, 0.29) is 0 Å². The maximum atomic E-state index is 4.21. The third-order valence-electron chi connectivity index (χ3n) is 3.25. The summed E-state index contributed by atoms with van der Waals surface area (Å²) in [7, 11) is 4.02. The van der Waals surface area contributed by atoms with Crippen LogP contribution in [-0.2, 0) is 0 Å². The monoisotopic (exact) mass is 240 g/mol. The van der Waals surface area contributed by atoms with Crippen molar-refractivity contribution in [2.24, 2.45) is 4.99 Å². The van der Waals surface area contributed by atoms with E-state index in [1.54, 1.807) is 0 Å². The van der Waals surface area contributed by atoms with Crippen LogP contribution in [0.5, 0.6) is 0 Å². The van der Waals surface area contributed by atoms with E-state index in [4.69, 9.17) is 0 Å². The first-order chi connectivity index (χ1) is 8.13. The fraction of sp³-hybridized carbons (Fsp3) is 0.923. The summed E-state index contributed by atoms with van der Waals surface area (Å²) in [5.41, 5.74) is 0. The Hall–Kier alpha value is -0.770. The fourth-order valence-electron chi connectivity index (χ4n) is 1.57. The molecule has 17 heavy (non-hydrogen) atoms. The van der Waals surface area contributed by atoms with Crippen LogP contribution in [0, 0.1) is 0 Å². The molecule has 0 unspecified atom stereocenters. The van der Waals surface area contributed by atoms with Crippen LogP contribution in [0.1, 0.15) is 39.5 Å². The third-order valence-corrected chi connectivity index (χ3v) is 3.25. The van der Waals surface area contributed by atoms with Crippen LogP contribution in [0.4, 0.5) is 0 Å². The molecule has 0 radical (unpaired) electrons. The normalized spacial score (nSPS) is 16.7. The van der Waals surface area contributed by atoms with Crippen LogP contribution in [0.25, 0.3) is 0 Å². The lowest BCUT2D eigenvalue weighted by Gasteiger charge is -2.20. The minimum atomic E-state index is 0.646. The Morgan fingerprint density at radius 3 is 2.59 bits per heavy atom. The molecular weight excluding hydrogens is 212 g/mol. The van der Waals surface area contributed by atoms with Gasteiger partial charge in [-0.1, -0.05) is 0 Å². The van der Waals surface area contributed by atoms with Gasteiger partial charge < -0.3 is 15.5 Å². The highest BCUT2D eigenvalue weighted by Gasteiger charge is 2.21. The van der Waals surface area contributed by atoms with Crippen LogP contribution in [-0.4, -0.2) is 50.1 Å². The zero-order chi connectivity index (χ0) is 12.7. The number of nitrogens with one attached hydrogen (secondary N) is 2. The lowest BCUT2D eigenvalue weighted by atomic mass is 10.2. The summed E-state index contributed by atoms with van der Waals surface area (Å²) >= 11 is 0. The average Bonchev–Trinajstić information content (AvgIpc) is 3.10. The summed E-state index contributed by atoms with van der Waals surface area (Å²) in [5, 5.41) is 6.75. The number of guanidine groups is 1. The molecule has 0 bridgehead atoms. The van der Waals surface area contributed by atoms with Crippen molar-refractivity contribution in [3.63, 3.8) is 0 Å². The Labute approximate surface area is 106 Å². The summed E-state index contributed by atoms with van der Waals surface area (Å²) in [6, 6.07) is 1.32. The smallest absolute Gasteiger partial charge is 0.191 e. The van der Waals surface area contributed by atoms with Gasteiger partial charge in [0.1, 0.15) is 0 Å². The largest absolute Gasteiger partial charge is 0.356 e. The second-order valence-electron chi connectivity index (χ2n) is 5.20. The second kappa shape index (κ2) is 7.54. The first-order valence-electron chi connectivity index (χ1n) is 6.81. The van der Waals surface area contributed by atoms with E-state index in [1.165, 1.54) is 32.2 Å². The number of hydrogen-bond acceptors (Lipinski definition) is 2. The molecule has 1 saturated carbocycles. The van der Waals surface area contributed by atoms with Crippen molar-refractivity contribution >= 4 is 5.96 Å². The molecule has 0 aromatic rings. The molecule has 2 N–H and O–H groups in total. The quantitative estimate of drug-likeness (QED) is 0.402. The van der Waals surface area contributed by atoms with Crippen LogP contribution < -0.4 is 10.6 Å². The Morgan fingerprint density at radius 1 is 1.35 bits per heavy atom. The summed E-state index contributed by atoms with van der Waals surface area (Å²) in [6.07, 6.45) is 5.02. The van der Waals surface area contributed by atoms with Crippen molar-refractivity contribution < 1.29 is 0 Å². The van der Waals surface area contributed by atoms with E-state index < -0.39 is 0 Å². The molecule has 1 rings (SSSR count). The molecule has 100 valence electrons. The molecule has 4 nitrogen and oxygen atoms in total. The van der Waals surface area contributed by atoms with Crippen molar-refractivity contribution in [2.45, 2.75) is 51.6 Å². The van der Waals surface area contributed by atoms with Crippen molar-refractivity contribution in [1.29, 1.82) is 0 Å². The number of unbranched alkanes of at least 4 members (excludes halogenated alkanes) is 1. The first-order valence-corrected chi connectivity index (χ1v) is 6.81. The van der Waals surface area contributed by atoms with Crippen molar-refractivity contribution in [3.05, 3.63) is 0 Å². The molecular formula is C13H28N4. The maximum Gasteiger partial charge on any atom is 0.191 e. The van der Waals surface area contributed by atoms with Crippen LogP contribution in [0.2, 0.25) is 0 Å². The van der Waals surface area contributed by atoms with Gasteiger partial charge in [0, 0.05) is 25.7 Å². The topological polar surface area (TPSA) is 39.7 Å². The Kier molecular flexibility index (Phi) is 6.34. The predicted molar refractivity (Wildman–Crippen MR) is 74.5 cm³/mol. The SMILES string of the molecule is CN=C(NCCCCN(C)C(C)C)NC1CC1. The average molecular weight is 240 g/mol. The Balaban J connectivity index is 1.98. The molecule has 0 atom stereocenters. The van der Waals surface area contributed by atoms with Gasteiger partial charge in [0.15, 0.2) is 5.96 Å². The van der Waals surface area contributed by atoms with E-state index in [9.17, 15) is 0 Å². The Bertz CT molecular complexity index is 234. The molecule has 0 amide bonds. The van der Waals surface area contributed by atoms with Gasteiger partial charge in [-0.25, -0.2) is 0 Å². The molecule has 0 saturated heterocycles. The van der Waals surface area contributed by atoms with Gasteiger partial charge in [-0.15, -0.1) is 0 Å². The molecule has 1 fully saturated rings. The van der Waals surface area contributed by atoms with Crippen molar-refractivity contribution in [1.82, 2.24) is 15.5 Å². The number of aliphatic imine (C=N–C) groups is 1. The van der Waals surface area contributed by atoms with E-state index in [2.05, 4.69) is 41.4 Å². The van der Waals surface area contributed by atoms with Gasteiger partial charge in [0.05, 0.1) is 0 Å². The van der Waals surface area contributed by atoms with Crippen LogP contribution >= 0.6 is 0 Å². The van der Waals surface area contributed by atoms with Crippen LogP contribution in [0.15, 0.2) is 4.99 Å². The van der Waals surface area contributed by atoms with E-state index in [0.717, 1.165) is 12.5 Å². The zero-order valence-corrected chi connectivity index (χ0v) is 11.8. The van der Waals surface area contributed by atoms with Gasteiger partial charge >= 0.3 is 0 Å². The summed E-state index contributed by atoms with van der Waals surface area (Å²) in [4.78, 5) is 6.60. The van der Waals surface area contributed by atoms with Gasteiger partial charge in [0.25, 0.3) is 0 Å². The van der Waals surface area contributed by atoms with Gasteiger partial charge in [-0.2, -0.15) is 0 Å². The zero-order valence-electron chi connectivity index (χ0n) is 11.8. The van der Waals surface area contributed by atoms with Crippen molar-refractivity contribution in [2.75, 3.05) is 27.2 Å². The van der Waals surface area contributed by atoms with Crippen LogP contribution in [0.3, 0.4) is 0 Å². The minimum absolute atomic E-state index is 0.646. The van der Waals surface area contributed by atoms with Gasteiger partial charge in [0.2, 0.25) is 0 Å². The number of nitrogens with zero attached hydrogens (tertiary/aromatic N) is 2. The predicted octanol–water partition coefficient (Wildman–Crippen LogP) is 1.43. The molecule has 0 aromatic heterocycles. The summed E-state index contributed by atoms with van der Waals surface area (Å²) in [6.45, 7) is 6.66. The summed E-state index contributed by atoms with van der Waals surface area (Å²) in [5.74, 6) is 0.963. The standard InChI is InChI=1S/C13H28N4/c1-11(2)17(4)10-6-5-9-15-13(14-3)16-12-7-8-12/h11-12H,5-10H2,1-4H3,(H2,14,15,16). The highest BCUT2D eigenvalue weighted by atomic mass is 15.2. The van der Waals surface area contributed by atoms with E-state index in [0.29, 0.717) is 12.1 Å². The van der Waals surface area contributed by atoms with Gasteiger partial charge in [-0.3, -0.25) is 4.99 Å². The van der Waals surface area contributed by atoms with E-state index >= 15 is 0 Å². The second-order valence-corrected chi connectivity index (χ2v) is 5.20.